The molecule has 0 saturated carbocycles. The van der Waals surface area contributed by atoms with Crippen molar-refractivity contribution in [1.29, 1.82) is 0 Å². The first-order valence-electron chi connectivity index (χ1n) is 7.10. The van der Waals surface area contributed by atoms with Gasteiger partial charge in [0.2, 0.25) is 0 Å². The van der Waals surface area contributed by atoms with Crippen molar-refractivity contribution in [1.82, 2.24) is 9.97 Å². The summed E-state index contributed by atoms with van der Waals surface area (Å²) in [7, 11) is 0. The zero-order chi connectivity index (χ0) is 14.8. The summed E-state index contributed by atoms with van der Waals surface area (Å²) in [4.78, 5) is 9.02. The number of hydrogen-bond donors (Lipinski definition) is 3. The molecule has 0 spiro atoms. The topological polar surface area (TPSA) is 85.1 Å². The van der Waals surface area contributed by atoms with E-state index in [1.165, 1.54) is 0 Å². The highest BCUT2D eigenvalue weighted by Gasteiger charge is 2.24. The molecule has 2 heterocycles. The average molecular weight is 279 g/mol. The predicted octanol–water partition coefficient (Wildman–Crippen LogP) is 1.90. The predicted molar refractivity (Wildman–Crippen MR) is 80.6 cm³/mol. The summed E-state index contributed by atoms with van der Waals surface area (Å²) >= 11 is 0. The van der Waals surface area contributed by atoms with Gasteiger partial charge in [-0.1, -0.05) is 20.8 Å². The van der Waals surface area contributed by atoms with Crippen LogP contribution in [0.5, 0.6) is 0 Å². The van der Waals surface area contributed by atoms with Crippen LogP contribution in [0.1, 0.15) is 39.9 Å². The minimum absolute atomic E-state index is 0.122. The van der Waals surface area contributed by atoms with Crippen LogP contribution in [0, 0.1) is 5.92 Å². The van der Waals surface area contributed by atoms with Gasteiger partial charge in [-0.3, -0.25) is 0 Å². The van der Waals surface area contributed by atoms with Gasteiger partial charge in [0, 0.05) is 30.0 Å². The van der Waals surface area contributed by atoms with Crippen LogP contribution in [0.4, 0.5) is 11.6 Å². The molecule has 6 nitrogen and oxygen atoms in total. The first kappa shape index (κ1) is 15.0. The van der Waals surface area contributed by atoms with Crippen molar-refractivity contribution in [3.8, 4) is 0 Å². The van der Waals surface area contributed by atoms with Crippen molar-refractivity contribution in [3.63, 3.8) is 0 Å². The smallest absolute Gasteiger partial charge is 0.145 e. The van der Waals surface area contributed by atoms with E-state index < -0.39 is 0 Å². The molecule has 20 heavy (non-hydrogen) atoms. The number of aromatic nitrogens is 2. The number of ether oxygens (including phenoxy) is 1. The summed E-state index contributed by atoms with van der Waals surface area (Å²) in [6, 6.07) is 2.15. The largest absolute Gasteiger partial charge is 0.381 e. The lowest BCUT2D eigenvalue weighted by atomic mass is 9.95. The molecule has 0 aromatic carbocycles. The Kier molecular flexibility index (Phi) is 4.45. The Morgan fingerprint density at radius 1 is 1.35 bits per heavy atom. The molecule has 1 aromatic rings. The van der Waals surface area contributed by atoms with Crippen LogP contribution in [-0.2, 0) is 10.2 Å². The highest BCUT2D eigenvalue weighted by atomic mass is 16.5. The number of nitrogen functional groups attached to an aromatic ring is 1. The van der Waals surface area contributed by atoms with Gasteiger partial charge in [0.25, 0.3) is 0 Å². The van der Waals surface area contributed by atoms with E-state index in [2.05, 4.69) is 48.4 Å². The first-order valence-corrected chi connectivity index (χ1v) is 7.10. The monoisotopic (exact) mass is 279 g/mol. The molecular formula is C14H25N5O. The molecule has 1 aliphatic heterocycles. The molecular weight excluding hydrogens is 254 g/mol. The van der Waals surface area contributed by atoms with Crippen molar-refractivity contribution < 1.29 is 4.74 Å². The number of nitrogens with zero attached hydrogens (tertiary/aromatic N) is 2. The average Bonchev–Trinajstić information content (AvgIpc) is 2.91. The Morgan fingerprint density at radius 2 is 2.05 bits per heavy atom. The van der Waals surface area contributed by atoms with Crippen LogP contribution in [0.2, 0.25) is 0 Å². The van der Waals surface area contributed by atoms with Gasteiger partial charge >= 0.3 is 0 Å². The van der Waals surface area contributed by atoms with Crippen LogP contribution >= 0.6 is 0 Å². The van der Waals surface area contributed by atoms with Crippen LogP contribution in [0.15, 0.2) is 6.07 Å². The summed E-state index contributed by atoms with van der Waals surface area (Å²) < 4.78 is 5.43. The number of nitrogens with two attached hydrogens (primary N) is 1. The lowest BCUT2D eigenvalue weighted by molar-refractivity contribution is 0.183. The number of hydrogen-bond acceptors (Lipinski definition) is 6. The van der Waals surface area contributed by atoms with Gasteiger partial charge in [0.15, 0.2) is 0 Å². The van der Waals surface area contributed by atoms with Gasteiger partial charge in [0.1, 0.15) is 17.5 Å². The van der Waals surface area contributed by atoms with E-state index in [1.54, 1.807) is 0 Å². The molecule has 0 bridgehead atoms. The third-order valence-electron chi connectivity index (χ3n) is 3.59. The molecule has 1 saturated heterocycles. The van der Waals surface area contributed by atoms with Crippen molar-refractivity contribution in [3.05, 3.63) is 11.9 Å². The molecule has 2 rings (SSSR count). The molecule has 0 aliphatic carbocycles. The van der Waals surface area contributed by atoms with Crippen molar-refractivity contribution >= 4 is 11.6 Å². The first-order chi connectivity index (χ1) is 9.40. The summed E-state index contributed by atoms with van der Waals surface area (Å²) in [5, 5.41) is 3.44. The third kappa shape index (κ3) is 3.58. The second kappa shape index (κ2) is 5.93. The third-order valence-corrected chi connectivity index (χ3v) is 3.59. The summed E-state index contributed by atoms with van der Waals surface area (Å²) in [5.41, 5.74) is 2.48. The molecule has 1 aromatic heterocycles. The van der Waals surface area contributed by atoms with E-state index in [0.717, 1.165) is 31.3 Å². The lowest BCUT2D eigenvalue weighted by Crippen LogP contribution is -2.28. The summed E-state index contributed by atoms with van der Waals surface area (Å²) in [5.74, 6) is 8.22. The molecule has 1 fully saturated rings. The maximum Gasteiger partial charge on any atom is 0.145 e. The summed E-state index contributed by atoms with van der Waals surface area (Å²) in [6.45, 7) is 10.1. The Hall–Kier alpha value is -1.40. The Labute approximate surface area is 120 Å². The highest BCUT2D eigenvalue weighted by Crippen LogP contribution is 2.24. The normalized spacial score (nSPS) is 20.8. The second-order valence-corrected chi connectivity index (χ2v) is 6.41. The highest BCUT2D eigenvalue weighted by molar-refractivity contribution is 5.48. The zero-order valence-electron chi connectivity index (χ0n) is 12.7. The van der Waals surface area contributed by atoms with Crippen LogP contribution in [0.3, 0.4) is 0 Å². The lowest BCUT2D eigenvalue weighted by Gasteiger charge is -2.23. The van der Waals surface area contributed by atoms with Crippen LogP contribution < -0.4 is 16.6 Å². The van der Waals surface area contributed by atoms with E-state index >= 15 is 0 Å². The van der Waals surface area contributed by atoms with Crippen LogP contribution in [-0.4, -0.2) is 29.2 Å². The summed E-state index contributed by atoms with van der Waals surface area (Å²) in [6.07, 6.45) is 1.09. The Morgan fingerprint density at radius 3 is 2.60 bits per heavy atom. The molecule has 0 amide bonds. The Balaban J connectivity index is 2.17. The number of nitrogens with one attached hydrogen (secondary N) is 2. The van der Waals surface area contributed by atoms with Crippen molar-refractivity contribution in [2.45, 2.75) is 45.6 Å². The van der Waals surface area contributed by atoms with E-state index in [1.807, 2.05) is 6.07 Å². The SMILES string of the molecule is CC(Nc1cc(NN)nc(C(C)(C)C)n1)C1CCOC1. The maximum absolute atomic E-state index is 5.50. The van der Waals surface area contributed by atoms with E-state index in [0.29, 0.717) is 17.8 Å². The van der Waals surface area contributed by atoms with E-state index in [4.69, 9.17) is 10.6 Å². The second-order valence-electron chi connectivity index (χ2n) is 6.41. The van der Waals surface area contributed by atoms with E-state index in [-0.39, 0.29) is 5.41 Å². The molecule has 2 unspecified atom stereocenters. The van der Waals surface area contributed by atoms with Gasteiger partial charge in [-0.05, 0) is 13.3 Å². The minimum atomic E-state index is -0.122. The standard InChI is InChI=1S/C14H25N5O/c1-9(10-5-6-20-8-10)16-11-7-12(19-15)18-13(17-11)14(2,3)4/h7,9-10H,5-6,8,15H2,1-4H3,(H2,16,17,18,19). The fourth-order valence-corrected chi connectivity index (χ4v) is 2.23. The van der Waals surface area contributed by atoms with Crippen molar-refractivity contribution in [2.24, 2.45) is 11.8 Å². The van der Waals surface area contributed by atoms with Gasteiger partial charge in [0.05, 0.1) is 6.61 Å². The van der Waals surface area contributed by atoms with Gasteiger partial charge < -0.3 is 15.5 Å². The van der Waals surface area contributed by atoms with Gasteiger partial charge in [-0.25, -0.2) is 15.8 Å². The van der Waals surface area contributed by atoms with E-state index in [9.17, 15) is 0 Å². The quantitative estimate of drug-likeness (QED) is 0.576. The minimum Gasteiger partial charge on any atom is -0.381 e. The van der Waals surface area contributed by atoms with Crippen molar-refractivity contribution in [2.75, 3.05) is 24.0 Å². The number of rotatable bonds is 4. The van der Waals surface area contributed by atoms with Gasteiger partial charge in [-0.15, -0.1) is 0 Å². The number of hydrazine groups is 1. The van der Waals surface area contributed by atoms with Crippen LogP contribution in [0.25, 0.3) is 0 Å². The number of anilines is 2. The molecule has 2 atom stereocenters. The fraction of sp³-hybridized carbons (Fsp3) is 0.714. The maximum atomic E-state index is 5.50. The molecule has 4 N–H and O–H groups in total. The zero-order valence-corrected chi connectivity index (χ0v) is 12.7. The molecule has 112 valence electrons. The molecule has 6 heteroatoms. The molecule has 0 radical (unpaired) electrons. The van der Waals surface area contributed by atoms with Gasteiger partial charge in [-0.2, -0.15) is 0 Å². The fourth-order valence-electron chi connectivity index (χ4n) is 2.23. The Bertz CT molecular complexity index is 451. The molecule has 1 aliphatic rings.